The molecule has 2 aromatic carbocycles. The summed E-state index contributed by atoms with van der Waals surface area (Å²) < 4.78 is 26.2. The van der Waals surface area contributed by atoms with Gasteiger partial charge in [-0.3, -0.25) is 14.0 Å². The van der Waals surface area contributed by atoms with Crippen molar-refractivity contribution in [3.8, 4) is 0 Å². The minimum absolute atomic E-state index is 0.327. The van der Waals surface area contributed by atoms with Crippen molar-refractivity contribution in [3.05, 3.63) is 64.7 Å². The van der Waals surface area contributed by atoms with Crippen LogP contribution in [0.15, 0.2) is 42.5 Å². The molecule has 3 rings (SSSR count). The van der Waals surface area contributed by atoms with Crippen LogP contribution in [0.3, 0.4) is 0 Å². The average molecular weight is 458 g/mol. The molecule has 0 saturated carbocycles. The molecule has 1 heterocycles. The number of carbonyl (C=O) groups excluding carboxylic acids is 1. The molecule has 2 aromatic rings. The van der Waals surface area contributed by atoms with E-state index in [0.717, 1.165) is 42.6 Å². The molecule has 0 aromatic heterocycles. The van der Waals surface area contributed by atoms with Crippen LogP contribution in [-0.2, 0) is 27.9 Å². The second-order valence-electron chi connectivity index (χ2n) is 8.95. The fourth-order valence-electron chi connectivity index (χ4n) is 4.36. The van der Waals surface area contributed by atoms with Crippen LogP contribution in [-0.4, -0.2) is 44.6 Å². The molecule has 1 aliphatic heterocycles. The number of nitrogens with one attached hydrogen (secondary N) is 1. The summed E-state index contributed by atoms with van der Waals surface area (Å²) >= 11 is 0. The van der Waals surface area contributed by atoms with Crippen LogP contribution in [0.25, 0.3) is 0 Å². The van der Waals surface area contributed by atoms with Gasteiger partial charge in [0.2, 0.25) is 15.9 Å². The number of likely N-dealkylation sites (tertiary alicyclic amines) is 1. The molecule has 1 fully saturated rings. The number of benzene rings is 2. The summed E-state index contributed by atoms with van der Waals surface area (Å²) in [7, 11) is -3.63. The predicted molar refractivity (Wildman–Crippen MR) is 130 cm³/mol. The third-order valence-corrected chi connectivity index (χ3v) is 7.14. The van der Waals surface area contributed by atoms with Gasteiger partial charge in [-0.25, -0.2) is 8.42 Å². The molecule has 174 valence electrons. The van der Waals surface area contributed by atoms with Crippen LogP contribution in [0.2, 0.25) is 0 Å². The van der Waals surface area contributed by atoms with Gasteiger partial charge >= 0.3 is 0 Å². The monoisotopic (exact) mass is 457 g/mol. The number of piperidine rings is 1. The third kappa shape index (κ3) is 6.56. The molecular weight excluding hydrogens is 422 g/mol. The Kier molecular flexibility index (Phi) is 7.96. The number of aryl methyl sites for hydroxylation is 2. The first-order valence-electron chi connectivity index (χ1n) is 11.3. The molecule has 1 saturated heterocycles. The van der Waals surface area contributed by atoms with E-state index in [2.05, 4.69) is 22.3 Å². The van der Waals surface area contributed by atoms with E-state index in [1.54, 1.807) is 19.1 Å². The molecule has 32 heavy (non-hydrogen) atoms. The van der Waals surface area contributed by atoms with Gasteiger partial charge in [0.1, 0.15) is 6.04 Å². The summed E-state index contributed by atoms with van der Waals surface area (Å²) in [4.78, 5) is 15.3. The first-order valence-corrected chi connectivity index (χ1v) is 13.1. The van der Waals surface area contributed by atoms with Crippen LogP contribution >= 0.6 is 0 Å². The van der Waals surface area contributed by atoms with E-state index in [1.807, 2.05) is 32.0 Å². The molecular formula is C25H35N3O3S. The van der Waals surface area contributed by atoms with Crippen LogP contribution in [0.5, 0.6) is 0 Å². The zero-order chi connectivity index (χ0) is 23.3. The average Bonchev–Trinajstić information content (AvgIpc) is 2.72. The Bertz CT molecular complexity index is 1010. The SMILES string of the molecule is Cc1cc(C)cc(N(C(C)C(=O)NCc2ccc(CN3CCCCC3)cc2)S(C)(=O)=O)c1. The van der Waals surface area contributed by atoms with Crippen molar-refractivity contribution in [2.75, 3.05) is 23.7 Å². The van der Waals surface area contributed by atoms with E-state index in [4.69, 9.17) is 0 Å². The number of nitrogens with zero attached hydrogens (tertiary/aromatic N) is 2. The maximum Gasteiger partial charge on any atom is 0.243 e. The Labute approximate surface area is 192 Å². The standard InChI is InChI=1S/C25H35N3O3S/c1-19-14-20(2)16-24(15-19)28(32(4,30)31)21(3)25(29)26-17-22-8-10-23(11-9-22)18-27-12-6-5-7-13-27/h8-11,14-16,21H,5-7,12-13,17-18H2,1-4H3,(H,26,29). The van der Waals surface area contributed by atoms with Crippen molar-refractivity contribution < 1.29 is 13.2 Å². The highest BCUT2D eigenvalue weighted by Gasteiger charge is 2.29. The summed E-state index contributed by atoms with van der Waals surface area (Å²) in [5.41, 5.74) is 4.67. The van der Waals surface area contributed by atoms with Crippen LogP contribution in [0.1, 0.15) is 48.4 Å². The number of carbonyl (C=O) groups is 1. The highest BCUT2D eigenvalue weighted by Crippen LogP contribution is 2.24. The third-order valence-electron chi connectivity index (χ3n) is 5.89. The van der Waals surface area contributed by atoms with E-state index >= 15 is 0 Å². The van der Waals surface area contributed by atoms with E-state index in [-0.39, 0.29) is 5.91 Å². The maximum atomic E-state index is 12.9. The Balaban J connectivity index is 1.63. The van der Waals surface area contributed by atoms with Gasteiger partial charge in [0.25, 0.3) is 0 Å². The minimum Gasteiger partial charge on any atom is -0.350 e. The zero-order valence-corrected chi connectivity index (χ0v) is 20.4. The van der Waals surface area contributed by atoms with Crippen molar-refractivity contribution in [1.82, 2.24) is 10.2 Å². The van der Waals surface area contributed by atoms with Gasteiger partial charge in [-0.2, -0.15) is 0 Å². The van der Waals surface area contributed by atoms with Crippen molar-refractivity contribution in [3.63, 3.8) is 0 Å². The molecule has 1 aliphatic rings. The van der Waals surface area contributed by atoms with Gasteiger partial charge in [-0.15, -0.1) is 0 Å². The Morgan fingerprint density at radius 2 is 1.56 bits per heavy atom. The van der Waals surface area contributed by atoms with Gasteiger partial charge in [0.15, 0.2) is 0 Å². The molecule has 0 bridgehead atoms. The van der Waals surface area contributed by atoms with Crippen LogP contribution in [0, 0.1) is 13.8 Å². The quantitative estimate of drug-likeness (QED) is 0.655. The molecule has 0 aliphatic carbocycles. The molecule has 0 spiro atoms. The second-order valence-corrected chi connectivity index (χ2v) is 10.8. The summed E-state index contributed by atoms with van der Waals surface area (Å²) in [6, 6.07) is 13.0. The molecule has 1 amide bonds. The number of rotatable bonds is 8. The van der Waals surface area contributed by atoms with Gasteiger partial charge in [0.05, 0.1) is 11.9 Å². The lowest BCUT2D eigenvalue weighted by Gasteiger charge is -2.29. The van der Waals surface area contributed by atoms with E-state index < -0.39 is 16.1 Å². The first kappa shape index (κ1) is 24.3. The molecule has 6 nitrogen and oxygen atoms in total. The number of amides is 1. The normalized spacial score (nSPS) is 15.9. The fraction of sp³-hybridized carbons (Fsp3) is 0.480. The summed E-state index contributed by atoms with van der Waals surface area (Å²) in [6.45, 7) is 9.09. The lowest BCUT2D eigenvalue weighted by molar-refractivity contribution is -0.122. The largest absolute Gasteiger partial charge is 0.350 e. The van der Waals surface area contributed by atoms with Crippen molar-refractivity contribution in [2.24, 2.45) is 0 Å². The lowest BCUT2D eigenvalue weighted by Crippen LogP contribution is -2.47. The van der Waals surface area contributed by atoms with E-state index in [9.17, 15) is 13.2 Å². The van der Waals surface area contributed by atoms with Crippen molar-refractivity contribution >= 4 is 21.6 Å². The Morgan fingerprint density at radius 3 is 2.12 bits per heavy atom. The van der Waals surface area contributed by atoms with Crippen LogP contribution in [0.4, 0.5) is 5.69 Å². The number of hydrogen-bond donors (Lipinski definition) is 1. The predicted octanol–water partition coefficient (Wildman–Crippen LogP) is 3.76. The lowest BCUT2D eigenvalue weighted by atomic mass is 10.1. The highest BCUT2D eigenvalue weighted by atomic mass is 32.2. The van der Waals surface area contributed by atoms with Crippen LogP contribution < -0.4 is 9.62 Å². The number of anilines is 1. The summed E-state index contributed by atoms with van der Waals surface area (Å²) in [5, 5.41) is 2.90. The number of sulfonamides is 1. The Hall–Kier alpha value is -2.38. The molecule has 7 heteroatoms. The zero-order valence-electron chi connectivity index (χ0n) is 19.6. The van der Waals surface area contributed by atoms with Gasteiger partial charge in [0, 0.05) is 13.1 Å². The van der Waals surface area contributed by atoms with Gasteiger partial charge < -0.3 is 5.32 Å². The van der Waals surface area contributed by atoms with E-state index in [0.29, 0.717) is 12.2 Å². The summed E-state index contributed by atoms with van der Waals surface area (Å²) in [6.07, 6.45) is 5.01. The van der Waals surface area contributed by atoms with E-state index in [1.165, 1.54) is 29.1 Å². The maximum absolute atomic E-state index is 12.9. The first-order chi connectivity index (χ1) is 15.1. The molecule has 1 atom stereocenters. The number of hydrogen-bond acceptors (Lipinski definition) is 4. The topological polar surface area (TPSA) is 69.7 Å². The fourth-order valence-corrected chi connectivity index (χ4v) is 5.52. The molecule has 1 N–H and O–H groups in total. The van der Waals surface area contributed by atoms with Crippen molar-refractivity contribution in [2.45, 2.75) is 59.2 Å². The second kappa shape index (κ2) is 10.5. The minimum atomic E-state index is -3.63. The van der Waals surface area contributed by atoms with Gasteiger partial charge in [-0.05, 0) is 81.1 Å². The Morgan fingerprint density at radius 1 is 1.00 bits per heavy atom. The highest BCUT2D eigenvalue weighted by molar-refractivity contribution is 7.92. The van der Waals surface area contributed by atoms with Crippen molar-refractivity contribution in [1.29, 1.82) is 0 Å². The smallest absolute Gasteiger partial charge is 0.243 e. The summed E-state index contributed by atoms with van der Waals surface area (Å²) in [5.74, 6) is -0.327. The molecule has 1 unspecified atom stereocenters. The molecule has 0 radical (unpaired) electrons. The van der Waals surface area contributed by atoms with Gasteiger partial charge in [-0.1, -0.05) is 36.8 Å².